The molecule has 76 valence electrons. The van der Waals surface area contributed by atoms with Crippen molar-refractivity contribution < 1.29 is 0 Å². The van der Waals surface area contributed by atoms with Crippen LogP contribution in [0.5, 0.6) is 0 Å². The Kier molecular flexibility index (Phi) is 1.58. The van der Waals surface area contributed by atoms with E-state index < -0.39 is 0 Å². The van der Waals surface area contributed by atoms with Gasteiger partial charge in [-0.1, -0.05) is 0 Å². The van der Waals surface area contributed by atoms with Gasteiger partial charge in [-0.3, -0.25) is 4.57 Å². The number of hydrogen-bond donors (Lipinski definition) is 2. The van der Waals surface area contributed by atoms with Gasteiger partial charge in [-0.2, -0.15) is 5.10 Å². The van der Waals surface area contributed by atoms with Gasteiger partial charge in [0.05, 0.1) is 0 Å². The molecule has 2 heterocycles. The molecule has 3 rings (SSSR count). The maximum atomic E-state index is 11.4. The van der Waals surface area contributed by atoms with E-state index in [2.05, 4.69) is 15.5 Å². The third kappa shape index (κ3) is 1.05. The lowest BCUT2D eigenvalue weighted by Crippen LogP contribution is -2.31. The molecule has 1 saturated carbocycles. The van der Waals surface area contributed by atoms with E-state index in [4.69, 9.17) is 0 Å². The van der Waals surface area contributed by atoms with Crippen LogP contribution in [-0.2, 0) is 0 Å². The van der Waals surface area contributed by atoms with E-state index in [9.17, 15) is 4.79 Å². The van der Waals surface area contributed by atoms with Crippen molar-refractivity contribution in [3.8, 4) is 0 Å². The summed E-state index contributed by atoms with van der Waals surface area (Å²) in [4.78, 5) is 11.4. The molecule has 1 atom stereocenters. The van der Waals surface area contributed by atoms with Crippen LogP contribution >= 0.6 is 0 Å². The zero-order valence-electron chi connectivity index (χ0n) is 7.99. The largest absolute Gasteiger partial charge is 0.343 e. The van der Waals surface area contributed by atoms with Gasteiger partial charge >= 0.3 is 5.69 Å². The van der Waals surface area contributed by atoms with Crippen molar-refractivity contribution in [1.82, 2.24) is 20.1 Å². The van der Waals surface area contributed by atoms with Crippen LogP contribution in [0.15, 0.2) is 11.1 Å². The normalized spacial score (nSPS) is 29.3. The number of H-pyrrole nitrogens is 1. The third-order valence-corrected chi connectivity index (χ3v) is 3.66. The van der Waals surface area contributed by atoms with Gasteiger partial charge in [-0.05, 0) is 37.8 Å². The molecule has 0 bridgehead atoms. The van der Waals surface area contributed by atoms with Crippen LogP contribution in [0.1, 0.15) is 25.3 Å². The van der Waals surface area contributed by atoms with Crippen molar-refractivity contribution in [1.29, 1.82) is 0 Å². The van der Waals surface area contributed by atoms with Crippen molar-refractivity contribution >= 4 is 0 Å². The molecule has 1 aliphatic carbocycles. The third-order valence-electron chi connectivity index (χ3n) is 3.66. The molecular weight excluding hydrogens is 180 g/mol. The molecule has 0 radical (unpaired) electrons. The second kappa shape index (κ2) is 2.70. The number of aromatic nitrogens is 3. The van der Waals surface area contributed by atoms with Crippen molar-refractivity contribution in [2.75, 3.05) is 13.1 Å². The summed E-state index contributed by atoms with van der Waals surface area (Å²) in [6.07, 6.45) is 5.16. The molecule has 1 aromatic rings. The lowest BCUT2D eigenvalue weighted by molar-refractivity contribution is 0.320. The second-order valence-corrected chi connectivity index (χ2v) is 4.40. The minimum atomic E-state index is -0.0644. The summed E-state index contributed by atoms with van der Waals surface area (Å²) in [5, 5.41) is 9.57. The topological polar surface area (TPSA) is 62.7 Å². The van der Waals surface area contributed by atoms with Crippen molar-refractivity contribution in [3.05, 3.63) is 16.8 Å². The van der Waals surface area contributed by atoms with Crippen LogP contribution in [0.4, 0.5) is 0 Å². The van der Waals surface area contributed by atoms with Crippen LogP contribution in [0.3, 0.4) is 0 Å². The van der Waals surface area contributed by atoms with Crippen LogP contribution in [0.25, 0.3) is 0 Å². The fourth-order valence-electron chi connectivity index (χ4n) is 2.66. The Labute approximate surface area is 81.5 Å². The first kappa shape index (κ1) is 8.23. The highest BCUT2D eigenvalue weighted by atomic mass is 16.1. The lowest BCUT2D eigenvalue weighted by Gasteiger charge is -2.23. The van der Waals surface area contributed by atoms with Crippen molar-refractivity contribution in [2.45, 2.75) is 25.3 Å². The number of nitrogens with zero attached hydrogens (tertiary/aromatic N) is 2. The lowest BCUT2D eigenvalue weighted by atomic mass is 9.94. The van der Waals surface area contributed by atoms with E-state index in [1.165, 1.54) is 12.8 Å². The Morgan fingerprint density at radius 3 is 2.93 bits per heavy atom. The predicted molar refractivity (Wildman–Crippen MR) is 51.0 cm³/mol. The maximum absolute atomic E-state index is 11.4. The zero-order chi connectivity index (χ0) is 9.60. The Bertz CT molecular complexity index is 388. The molecule has 1 spiro atoms. The van der Waals surface area contributed by atoms with E-state index in [1.54, 1.807) is 10.9 Å². The smallest absolute Gasteiger partial charge is 0.317 e. The average molecular weight is 194 g/mol. The summed E-state index contributed by atoms with van der Waals surface area (Å²) in [5.41, 5.74) is 0.337. The molecule has 1 aliphatic heterocycles. The highest BCUT2D eigenvalue weighted by Crippen LogP contribution is 2.61. The average Bonchev–Trinajstić information content (AvgIpc) is 2.70. The van der Waals surface area contributed by atoms with Crippen LogP contribution < -0.4 is 11.0 Å². The zero-order valence-corrected chi connectivity index (χ0v) is 7.99. The van der Waals surface area contributed by atoms with Gasteiger partial charge in [-0.15, -0.1) is 0 Å². The van der Waals surface area contributed by atoms with Gasteiger partial charge in [0.2, 0.25) is 0 Å². The Balaban J connectivity index is 1.84. The minimum Gasteiger partial charge on any atom is -0.317 e. The standard InChI is InChI=1S/C9H14N4O/c14-8-12-11-6-13(8)7-5-9(7)1-3-10-4-2-9/h6-7,10H,1-5H2,(H,12,14). The van der Waals surface area contributed by atoms with Gasteiger partial charge in [0, 0.05) is 6.04 Å². The molecule has 2 N–H and O–H groups in total. The van der Waals surface area contributed by atoms with Crippen LogP contribution in [-0.4, -0.2) is 27.9 Å². The SMILES string of the molecule is O=c1[nH]ncn1C1CC12CCNCC2. The summed E-state index contributed by atoms with van der Waals surface area (Å²) in [6, 6.07) is 0.399. The number of nitrogens with one attached hydrogen (secondary N) is 2. The molecular formula is C9H14N4O. The summed E-state index contributed by atoms with van der Waals surface area (Å²) in [6.45, 7) is 2.17. The molecule has 0 amide bonds. The second-order valence-electron chi connectivity index (χ2n) is 4.40. The van der Waals surface area contributed by atoms with E-state index in [1.807, 2.05) is 0 Å². The van der Waals surface area contributed by atoms with Gasteiger partial charge < -0.3 is 5.32 Å². The minimum absolute atomic E-state index is 0.0644. The van der Waals surface area contributed by atoms with E-state index in [0.717, 1.165) is 19.5 Å². The maximum Gasteiger partial charge on any atom is 0.343 e. The van der Waals surface area contributed by atoms with Gasteiger partial charge in [-0.25, -0.2) is 9.89 Å². The summed E-state index contributed by atoms with van der Waals surface area (Å²) in [5.74, 6) is 0. The van der Waals surface area contributed by atoms with Gasteiger partial charge in [0.1, 0.15) is 6.33 Å². The molecule has 0 aromatic carbocycles. The quantitative estimate of drug-likeness (QED) is 0.655. The first-order chi connectivity index (χ1) is 6.82. The molecule has 1 aromatic heterocycles. The van der Waals surface area contributed by atoms with Crippen molar-refractivity contribution in [2.24, 2.45) is 5.41 Å². The first-order valence-corrected chi connectivity index (χ1v) is 5.14. The van der Waals surface area contributed by atoms with Gasteiger partial charge in [0.25, 0.3) is 0 Å². The summed E-state index contributed by atoms with van der Waals surface area (Å²) in [7, 11) is 0. The number of aromatic amines is 1. The fraction of sp³-hybridized carbons (Fsp3) is 0.778. The highest BCUT2D eigenvalue weighted by molar-refractivity contribution is 5.08. The van der Waals surface area contributed by atoms with Crippen LogP contribution in [0, 0.1) is 5.41 Å². The van der Waals surface area contributed by atoms with E-state index >= 15 is 0 Å². The first-order valence-electron chi connectivity index (χ1n) is 5.14. The fourth-order valence-corrected chi connectivity index (χ4v) is 2.66. The monoisotopic (exact) mass is 194 g/mol. The molecule has 2 fully saturated rings. The number of hydrogen-bond acceptors (Lipinski definition) is 3. The molecule has 5 nitrogen and oxygen atoms in total. The molecule has 2 aliphatic rings. The predicted octanol–water partition coefficient (Wildman–Crippen LogP) is -0.114. The Morgan fingerprint density at radius 2 is 2.29 bits per heavy atom. The highest BCUT2D eigenvalue weighted by Gasteiger charge is 2.55. The van der Waals surface area contributed by atoms with Crippen LogP contribution in [0.2, 0.25) is 0 Å². The van der Waals surface area contributed by atoms with E-state index in [0.29, 0.717) is 11.5 Å². The molecule has 1 unspecified atom stereocenters. The molecule has 5 heteroatoms. The van der Waals surface area contributed by atoms with Crippen molar-refractivity contribution in [3.63, 3.8) is 0 Å². The Morgan fingerprint density at radius 1 is 1.50 bits per heavy atom. The Hall–Kier alpha value is -1.10. The summed E-state index contributed by atoms with van der Waals surface area (Å²) < 4.78 is 1.76. The number of piperidine rings is 1. The summed E-state index contributed by atoms with van der Waals surface area (Å²) >= 11 is 0. The van der Waals surface area contributed by atoms with Gasteiger partial charge in [0.15, 0.2) is 0 Å². The molecule has 14 heavy (non-hydrogen) atoms. The molecule has 1 saturated heterocycles. The number of rotatable bonds is 1. The van der Waals surface area contributed by atoms with E-state index in [-0.39, 0.29) is 5.69 Å².